The van der Waals surface area contributed by atoms with Gasteiger partial charge in [0.15, 0.2) is 5.76 Å². The Morgan fingerprint density at radius 1 is 1.03 bits per heavy atom. The van der Waals surface area contributed by atoms with Gasteiger partial charge in [0.05, 0.1) is 29.9 Å². The minimum Gasteiger partial charge on any atom is -0.467 e. The molecule has 0 spiro atoms. The molecule has 2 heterocycles. The van der Waals surface area contributed by atoms with Gasteiger partial charge in [-0.2, -0.15) is 0 Å². The zero-order valence-corrected chi connectivity index (χ0v) is 17.5. The third kappa shape index (κ3) is 4.31. The number of carbonyl (C=O) groups excluding carboxylic acids is 1. The van der Waals surface area contributed by atoms with Crippen molar-refractivity contribution in [3.05, 3.63) is 100 Å². The zero-order valence-electron chi connectivity index (χ0n) is 16.8. The number of benzene rings is 2. The van der Waals surface area contributed by atoms with Gasteiger partial charge in [-0.05, 0) is 43.7 Å². The number of hydrogen-bond donors (Lipinski definition) is 0. The average Bonchev–Trinajstić information content (AvgIpc) is 3.40. The molecule has 30 heavy (non-hydrogen) atoms. The molecule has 0 radical (unpaired) electrons. The molecule has 0 N–H and O–H groups in total. The van der Waals surface area contributed by atoms with Gasteiger partial charge in [-0.1, -0.05) is 52.7 Å². The summed E-state index contributed by atoms with van der Waals surface area (Å²) in [7, 11) is 0. The van der Waals surface area contributed by atoms with Crippen molar-refractivity contribution in [3.8, 4) is 11.3 Å². The van der Waals surface area contributed by atoms with Crippen LogP contribution in [0.2, 0.25) is 5.02 Å². The van der Waals surface area contributed by atoms with Crippen LogP contribution >= 0.6 is 11.6 Å². The summed E-state index contributed by atoms with van der Waals surface area (Å²) in [5.41, 5.74) is 4.36. The van der Waals surface area contributed by atoms with Crippen molar-refractivity contribution in [2.24, 2.45) is 0 Å². The number of hydrogen-bond acceptors (Lipinski definition) is 4. The van der Waals surface area contributed by atoms with Crippen molar-refractivity contribution in [2.45, 2.75) is 26.9 Å². The van der Waals surface area contributed by atoms with Crippen molar-refractivity contribution in [1.29, 1.82) is 0 Å². The van der Waals surface area contributed by atoms with Gasteiger partial charge in [0.2, 0.25) is 0 Å². The first-order chi connectivity index (χ1) is 14.5. The van der Waals surface area contributed by atoms with Gasteiger partial charge in [-0.3, -0.25) is 4.79 Å². The summed E-state index contributed by atoms with van der Waals surface area (Å²) in [5.74, 6) is 1.15. The van der Waals surface area contributed by atoms with Crippen LogP contribution < -0.4 is 0 Å². The van der Waals surface area contributed by atoms with E-state index in [4.69, 9.17) is 20.5 Å². The van der Waals surface area contributed by atoms with Gasteiger partial charge in [-0.25, -0.2) is 0 Å². The molecule has 0 saturated carbocycles. The van der Waals surface area contributed by atoms with E-state index in [1.807, 2.05) is 31.2 Å². The first-order valence-electron chi connectivity index (χ1n) is 9.60. The Hall–Kier alpha value is -3.31. The van der Waals surface area contributed by atoms with Crippen LogP contribution in [0, 0.1) is 13.8 Å². The normalized spacial score (nSPS) is 10.9. The van der Waals surface area contributed by atoms with Gasteiger partial charge in [-0.15, -0.1) is 0 Å². The minimum atomic E-state index is -0.201. The highest BCUT2D eigenvalue weighted by Gasteiger charge is 2.22. The summed E-state index contributed by atoms with van der Waals surface area (Å²) in [4.78, 5) is 14.8. The summed E-state index contributed by atoms with van der Waals surface area (Å²) in [6.07, 6.45) is 1.59. The molecule has 2 aromatic heterocycles. The topological polar surface area (TPSA) is 59.5 Å². The molecular formula is C24H21ClN2O3. The molecular weight excluding hydrogens is 400 g/mol. The largest absolute Gasteiger partial charge is 0.467 e. The SMILES string of the molecule is Cc1ccc(-c2cc(CN(Cc3ccco3)C(=O)c3ccccc3Cl)no2)c(C)c1. The number of carbonyl (C=O) groups is 1. The number of halogens is 1. The summed E-state index contributed by atoms with van der Waals surface area (Å²) >= 11 is 6.26. The van der Waals surface area contributed by atoms with E-state index >= 15 is 0 Å². The van der Waals surface area contributed by atoms with Crippen LogP contribution in [0.1, 0.15) is 32.9 Å². The van der Waals surface area contributed by atoms with E-state index in [0.29, 0.717) is 34.3 Å². The molecule has 0 unspecified atom stereocenters. The molecule has 1 amide bonds. The number of rotatable bonds is 6. The van der Waals surface area contributed by atoms with Crippen molar-refractivity contribution >= 4 is 17.5 Å². The second kappa shape index (κ2) is 8.59. The Labute approximate surface area is 179 Å². The summed E-state index contributed by atoms with van der Waals surface area (Å²) in [6.45, 7) is 4.64. The van der Waals surface area contributed by atoms with Gasteiger partial charge < -0.3 is 13.8 Å². The lowest BCUT2D eigenvalue weighted by Gasteiger charge is -2.21. The van der Waals surface area contributed by atoms with Gasteiger partial charge in [0, 0.05) is 11.6 Å². The molecule has 2 aromatic carbocycles. The zero-order chi connectivity index (χ0) is 21.1. The van der Waals surface area contributed by atoms with Gasteiger partial charge in [0.1, 0.15) is 11.5 Å². The maximum Gasteiger partial charge on any atom is 0.256 e. The molecule has 0 aliphatic carbocycles. The van der Waals surface area contributed by atoms with Gasteiger partial charge >= 0.3 is 0 Å². The highest BCUT2D eigenvalue weighted by Crippen LogP contribution is 2.26. The van der Waals surface area contributed by atoms with Crippen LogP contribution in [0.15, 0.2) is 75.9 Å². The highest BCUT2D eigenvalue weighted by atomic mass is 35.5. The number of amides is 1. The van der Waals surface area contributed by atoms with Crippen molar-refractivity contribution in [2.75, 3.05) is 0 Å². The number of nitrogens with zero attached hydrogens (tertiary/aromatic N) is 2. The molecule has 0 saturated heterocycles. The molecule has 5 nitrogen and oxygen atoms in total. The molecule has 6 heteroatoms. The summed E-state index contributed by atoms with van der Waals surface area (Å²) in [6, 6.07) is 18.6. The Balaban J connectivity index is 1.61. The summed E-state index contributed by atoms with van der Waals surface area (Å²) < 4.78 is 11.0. The van der Waals surface area contributed by atoms with Crippen LogP contribution in [0.5, 0.6) is 0 Å². The van der Waals surface area contributed by atoms with E-state index in [9.17, 15) is 4.79 Å². The standard InChI is InChI=1S/C24H21ClN2O3/c1-16-9-10-20(17(2)12-16)23-13-18(26-30-23)14-27(15-19-6-5-11-29-19)24(28)21-7-3-4-8-22(21)25/h3-13H,14-15H2,1-2H3. The van der Waals surface area contributed by atoms with E-state index in [-0.39, 0.29) is 12.5 Å². The van der Waals surface area contributed by atoms with E-state index in [2.05, 4.69) is 18.1 Å². The maximum atomic E-state index is 13.2. The molecule has 0 atom stereocenters. The number of furan rings is 1. The lowest BCUT2D eigenvalue weighted by Crippen LogP contribution is -2.30. The smallest absolute Gasteiger partial charge is 0.256 e. The van der Waals surface area contributed by atoms with Crippen LogP contribution in [-0.4, -0.2) is 16.0 Å². The van der Waals surface area contributed by atoms with E-state index in [1.165, 1.54) is 5.56 Å². The van der Waals surface area contributed by atoms with E-state index < -0.39 is 0 Å². The van der Waals surface area contributed by atoms with Crippen LogP contribution in [0.4, 0.5) is 0 Å². The first-order valence-corrected chi connectivity index (χ1v) is 9.98. The minimum absolute atomic E-state index is 0.201. The third-order valence-corrected chi connectivity index (χ3v) is 5.21. The fourth-order valence-corrected chi connectivity index (χ4v) is 3.61. The lowest BCUT2D eigenvalue weighted by atomic mass is 10.0. The quantitative estimate of drug-likeness (QED) is 0.381. The second-order valence-electron chi connectivity index (χ2n) is 7.22. The van der Waals surface area contributed by atoms with Crippen LogP contribution in [-0.2, 0) is 13.1 Å². The third-order valence-electron chi connectivity index (χ3n) is 4.88. The first kappa shape index (κ1) is 20.0. The predicted molar refractivity (Wildman–Crippen MR) is 115 cm³/mol. The lowest BCUT2D eigenvalue weighted by molar-refractivity contribution is 0.0714. The molecule has 0 aliphatic rings. The Morgan fingerprint density at radius 3 is 2.60 bits per heavy atom. The molecule has 0 bridgehead atoms. The monoisotopic (exact) mass is 420 g/mol. The Bertz CT molecular complexity index is 1160. The number of aromatic nitrogens is 1. The van der Waals surface area contributed by atoms with Crippen LogP contribution in [0.25, 0.3) is 11.3 Å². The highest BCUT2D eigenvalue weighted by molar-refractivity contribution is 6.33. The number of aryl methyl sites for hydroxylation is 2. The summed E-state index contributed by atoms with van der Waals surface area (Å²) in [5, 5.41) is 4.60. The second-order valence-corrected chi connectivity index (χ2v) is 7.63. The van der Waals surface area contributed by atoms with Crippen molar-refractivity contribution < 1.29 is 13.7 Å². The Morgan fingerprint density at radius 2 is 1.87 bits per heavy atom. The van der Waals surface area contributed by atoms with Gasteiger partial charge in [0.25, 0.3) is 5.91 Å². The molecule has 4 rings (SSSR count). The van der Waals surface area contributed by atoms with Crippen molar-refractivity contribution in [1.82, 2.24) is 10.1 Å². The maximum absolute atomic E-state index is 13.2. The fraction of sp³-hybridized carbons (Fsp3) is 0.167. The fourth-order valence-electron chi connectivity index (χ4n) is 3.39. The molecule has 4 aromatic rings. The van der Waals surface area contributed by atoms with E-state index in [0.717, 1.165) is 11.1 Å². The molecule has 0 aliphatic heterocycles. The predicted octanol–water partition coefficient (Wildman–Crippen LogP) is 6.05. The van der Waals surface area contributed by atoms with Crippen LogP contribution in [0.3, 0.4) is 0 Å². The molecule has 152 valence electrons. The molecule has 0 fully saturated rings. The van der Waals surface area contributed by atoms with Crippen molar-refractivity contribution in [3.63, 3.8) is 0 Å². The van der Waals surface area contributed by atoms with E-state index in [1.54, 1.807) is 41.5 Å². The average molecular weight is 421 g/mol. The Kier molecular flexibility index (Phi) is 5.72.